The number of aryl methyl sites for hydroxylation is 2. The van der Waals surface area contributed by atoms with Crippen molar-refractivity contribution in [3.63, 3.8) is 0 Å². The Bertz CT molecular complexity index is 1020. The van der Waals surface area contributed by atoms with Gasteiger partial charge in [-0.15, -0.1) is 0 Å². The maximum Gasteiger partial charge on any atom is 0.242 e. The first-order valence-electron chi connectivity index (χ1n) is 10.6. The highest BCUT2D eigenvalue weighted by atomic mass is 16.2. The SMILES string of the molecule is CCC(C(=O)NC)N(Cc1cccc(C)c1)C(=O)CCc1cccc2ccccc12. The number of amides is 2. The van der Waals surface area contributed by atoms with Crippen molar-refractivity contribution >= 4 is 22.6 Å². The van der Waals surface area contributed by atoms with Gasteiger partial charge in [0, 0.05) is 20.0 Å². The van der Waals surface area contributed by atoms with Crippen LogP contribution in [0, 0.1) is 6.92 Å². The topological polar surface area (TPSA) is 49.4 Å². The number of hydrogen-bond donors (Lipinski definition) is 1. The highest BCUT2D eigenvalue weighted by Gasteiger charge is 2.27. The Kier molecular flexibility index (Phi) is 7.23. The van der Waals surface area contributed by atoms with E-state index in [1.807, 2.05) is 50.2 Å². The smallest absolute Gasteiger partial charge is 0.242 e. The second-order valence-electron chi connectivity index (χ2n) is 7.69. The summed E-state index contributed by atoms with van der Waals surface area (Å²) >= 11 is 0. The highest BCUT2D eigenvalue weighted by Crippen LogP contribution is 2.21. The molecule has 0 aliphatic carbocycles. The zero-order valence-electron chi connectivity index (χ0n) is 18.0. The van der Waals surface area contributed by atoms with Crippen molar-refractivity contribution in [3.05, 3.63) is 83.4 Å². The second-order valence-corrected chi connectivity index (χ2v) is 7.69. The van der Waals surface area contributed by atoms with Crippen molar-refractivity contribution < 1.29 is 9.59 Å². The molecule has 0 spiro atoms. The van der Waals surface area contributed by atoms with Crippen LogP contribution in [-0.2, 0) is 22.6 Å². The summed E-state index contributed by atoms with van der Waals surface area (Å²) in [4.78, 5) is 27.5. The van der Waals surface area contributed by atoms with Gasteiger partial charge in [-0.3, -0.25) is 9.59 Å². The second kappa shape index (κ2) is 10.1. The van der Waals surface area contributed by atoms with E-state index in [1.54, 1.807) is 11.9 Å². The van der Waals surface area contributed by atoms with Gasteiger partial charge in [-0.1, -0.05) is 79.2 Å². The summed E-state index contributed by atoms with van der Waals surface area (Å²) in [6, 6.07) is 22.1. The minimum atomic E-state index is -0.476. The fourth-order valence-corrected chi connectivity index (χ4v) is 3.99. The largest absolute Gasteiger partial charge is 0.357 e. The van der Waals surface area contributed by atoms with Crippen LogP contribution in [0.2, 0.25) is 0 Å². The normalized spacial score (nSPS) is 11.8. The molecule has 30 heavy (non-hydrogen) atoms. The zero-order chi connectivity index (χ0) is 21.5. The lowest BCUT2D eigenvalue weighted by molar-refractivity contribution is -0.141. The maximum atomic E-state index is 13.3. The molecule has 4 heteroatoms. The van der Waals surface area contributed by atoms with Gasteiger partial charge in [-0.25, -0.2) is 0 Å². The average molecular weight is 403 g/mol. The van der Waals surface area contributed by atoms with Crippen LogP contribution in [0.1, 0.15) is 36.5 Å². The number of carbonyl (C=O) groups is 2. The molecular weight excluding hydrogens is 372 g/mol. The highest BCUT2D eigenvalue weighted by molar-refractivity contribution is 5.89. The summed E-state index contributed by atoms with van der Waals surface area (Å²) in [6.07, 6.45) is 1.59. The van der Waals surface area contributed by atoms with E-state index in [0.717, 1.165) is 16.7 Å². The first kappa shape index (κ1) is 21.6. The molecule has 1 unspecified atom stereocenters. The van der Waals surface area contributed by atoms with Crippen molar-refractivity contribution in [1.29, 1.82) is 0 Å². The number of benzene rings is 3. The number of carbonyl (C=O) groups excluding carboxylic acids is 2. The average Bonchev–Trinajstić information content (AvgIpc) is 2.77. The van der Waals surface area contributed by atoms with Crippen LogP contribution >= 0.6 is 0 Å². The van der Waals surface area contributed by atoms with Crippen molar-refractivity contribution in [2.24, 2.45) is 0 Å². The molecule has 156 valence electrons. The Morgan fingerprint density at radius 1 is 1.00 bits per heavy atom. The van der Waals surface area contributed by atoms with Gasteiger partial charge >= 0.3 is 0 Å². The lowest BCUT2D eigenvalue weighted by Crippen LogP contribution is -2.48. The van der Waals surface area contributed by atoms with E-state index in [0.29, 0.717) is 25.8 Å². The van der Waals surface area contributed by atoms with E-state index in [2.05, 4.69) is 35.6 Å². The van der Waals surface area contributed by atoms with Gasteiger partial charge in [0.25, 0.3) is 0 Å². The molecular formula is C26H30N2O2. The molecule has 0 saturated heterocycles. The third-order valence-electron chi connectivity index (χ3n) is 5.56. The van der Waals surface area contributed by atoms with E-state index in [4.69, 9.17) is 0 Å². The first-order chi connectivity index (χ1) is 14.5. The molecule has 2 amide bonds. The number of nitrogens with one attached hydrogen (secondary N) is 1. The van der Waals surface area contributed by atoms with E-state index >= 15 is 0 Å². The Labute approximate surface area is 178 Å². The Morgan fingerprint density at radius 2 is 1.73 bits per heavy atom. The van der Waals surface area contributed by atoms with Gasteiger partial charge in [0.15, 0.2) is 0 Å². The van der Waals surface area contributed by atoms with Gasteiger partial charge in [-0.2, -0.15) is 0 Å². The molecule has 0 aliphatic heterocycles. The Morgan fingerprint density at radius 3 is 2.47 bits per heavy atom. The van der Waals surface area contributed by atoms with Crippen LogP contribution in [0.4, 0.5) is 0 Å². The molecule has 0 bridgehead atoms. The van der Waals surface area contributed by atoms with Gasteiger partial charge in [0.05, 0.1) is 0 Å². The van der Waals surface area contributed by atoms with E-state index in [9.17, 15) is 9.59 Å². The van der Waals surface area contributed by atoms with Crippen LogP contribution in [0.25, 0.3) is 10.8 Å². The van der Waals surface area contributed by atoms with Crippen LogP contribution in [0.5, 0.6) is 0 Å². The number of rotatable bonds is 8. The molecule has 3 rings (SSSR count). The van der Waals surface area contributed by atoms with Gasteiger partial charge < -0.3 is 10.2 Å². The molecule has 0 saturated carbocycles. The molecule has 3 aromatic rings. The molecule has 0 aliphatic rings. The van der Waals surface area contributed by atoms with Crippen LogP contribution in [-0.4, -0.2) is 29.8 Å². The summed E-state index contributed by atoms with van der Waals surface area (Å²) in [6.45, 7) is 4.41. The zero-order valence-corrected chi connectivity index (χ0v) is 18.0. The third kappa shape index (κ3) is 5.07. The summed E-state index contributed by atoms with van der Waals surface area (Å²) in [5, 5.41) is 5.07. The lowest BCUT2D eigenvalue weighted by atomic mass is 10.00. The Hall–Kier alpha value is -3.14. The van der Waals surface area contributed by atoms with Gasteiger partial charge in [0.1, 0.15) is 6.04 Å². The Balaban J connectivity index is 1.82. The minimum Gasteiger partial charge on any atom is -0.357 e. The van der Waals surface area contributed by atoms with Crippen molar-refractivity contribution in [2.45, 2.75) is 45.7 Å². The van der Waals surface area contributed by atoms with E-state index in [-0.39, 0.29) is 11.8 Å². The van der Waals surface area contributed by atoms with E-state index in [1.165, 1.54) is 10.8 Å². The van der Waals surface area contributed by atoms with Crippen LogP contribution in [0.3, 0.4) is 0 Å². The fourth-order valence-electron chi connectivity index (χ4n) is 3.99. The van der Waals surface area contributed by atoms with Crippen molar-refractivity contribution in [1.82, 2.24) is 10.2 Å². The molecule has 1 N–H and O–H groups in total. The number of hydrogen-bond acceptors (Lipinski definition) is 2. The van der Waals surface area contributed by atoms with Crippen molar-refractivity contribution in [2.75, 3.05) is 7.05 Å². The predicted octanol–water partition coefficient (Wildman–Crippen LogP) is 4.63. The molecule has 0 heterocycles. The first-order valence-corrected chi connectivity index (χ1v) is 10.6. The third-order valence-corrected chi connectivity index (χ3v) is 5.56. The van der Waals surface area contributed by atoms with Gasteiger partial charge in [-0.05, 0) is 41.7 Å². The molecule has 4 nitrogen and oxygen atoms in total. The molecule has 0 fully saturated rings. The van der Waals surface area contributed by atoms with Crippen molar-refractivity contribution in [3.8, 4) is 0 Å². The van der Waals surface area contributed by atoms with Crippen LogP contribution < -0.4 is 5.32 Å². The number of likely N-dealkylation sites (N-methyl/N-ethyl adjacent to an activating group) is 1. The van der Waals surface area contributed by atoms with Crippen LogP contribution in [0.15, 0.2) is 66.7 Å². The monoisotopic (exact) mass is 402 g/mol. The lowest BCUT2D eigenvalue weighted by Gasteiger charge is -2.30. The van der Waals surface area contributed by atoms with Gasteiger partial charge in [0.2, 0.25) is 11.8 Å². The minimum absolute atomic E-state index is 0.000102. The molecule has 3 aromatic carbocycles. The predicted molar refractivity (Wildman–Crippen MR) is 122 cm³/mol. The quantitative estimate of drug-likeness (QED) is 0.597. The summed E-state index contributed by atoms with van der Waals surface area (Å²) in [5.74, 6) is -0.122. The number of nitrogens with zero attached hydrogens (tertiary/aromatic N) is 1. The van der Waals surface area contributed by atoms with E-state index < -0.39 is 6.04 Å². The summed E-state index contributed by atoms with van der Waals surface area (Å²) in [5.41, 5.74) is 3.34. The molecule has 1 atom stereocenters. The fraction of sp³-hybridized carbons (Fsp3) is 0.308. The summed E-state index contributed by atoms with van der Waals surface area (Å²) < 4.78 is 0. The molecule has 0 aromatic heterocycles. The standard InChI is InChI=1S/C26H30N2O2/c1-4-24(26(30)27-3)28(18-20-10-7-9-19(2)17-20)25(29)16-15-22-13-8-12-21-11-5-6-14-23(21)22/h5-14,17,24H,4,15-16,18H2,1-3H3,(H,27,30). The summed E-state index contributed by atoms with van der Waals surface area (Å²) in [7, 11) is 1.62. The maximum absolute atomic E-state index is 13.3. The number of fused-ring (bicyclic) bond motifs is 1. The molecule has 0 radical (unpaired) electrons.